The van der Waals surface area contributed by atoms with Crippen LogP contribution in [0, 0.1) is 0 Å². The molecule has 5 nitrogen and oxygen atoms in total. The Morgan fingerprint density at radius 3 is 2.38 bits per heavy atom. The number of amides is 1. The van der Waals surface area contributed by atoms with E-state index < -0.39 is 33.4 Å². The lowest BCUT2D eigenvalue weighted by Gasteiger charge is -2.27. The van der Waals surface area contributed by atoms with Crippen LogP contribution in [-0.2, 0) is 21.0 Å². The number of carbonyl (C=O) groups is 1. The van der Waals surface area contributed by atoms with E-state index in [2.05, 4.69) is 0 Å². The van der Waals surface area contributed by atoms with E-state index in [4.69, 9.17) is 0 Å². The first-order chi connectivity index (χ1) is 12.0. The summed E-state index contributed by atoms with van der Waals surface area (Å²) < 4.78 is 63.9. The van der Waals surface area contributed by atoms with Crippen LogP contribution in [0.3, 0.4) is 0 Å². The number of alkyl halides is 3. The van der Waals surface area contributed by atoms with Gasteiger partial charge in [-0.15, -0.1) is 0 Å². The molecule has 0 radical (unpaired) electrons. The molecule has 1 aliphatic heterocycles. The molecule has 136 valence electrons. The van der Waals surface area contributed by atoms with Crippen LogP contribution in [0.25, 0.3) is 11.3 Å². The predicted molar refractivity (Wildman–Crippen MR) is 87.3 cm³/mol. The van der Waals surface area contributed by atoms with Crippen molar-refractivity contribution >= 4 is 27.3 Å². The number of carbonyl (C=O) groups excluding carboxylic acids is 1. The molecular weight excluding hydrogens is 371 g/mol. The minimum absolute atomic E-state index is 0.0643. The fourth-order valence-corrected chi connectivity index (χ4v) is 3.95. The Balaban J connectivity index is 2.29. The Kier molecular flexibility index (Phi) is 4.06. The van der Waals surface area contributed by atoms with Gasteiger partial charge in [0.05, 0.1) is 16.0 Å². The van der Waals surface area contributed by atoms with Crippen molar-refractivity contribution in [3.8, 4) is 0 Å². The number of hydrogen-bond acceptors (Lipinski definition) is 4. The molecule has 2 aromatic carbocycles. The van der Waals surface area contributed by atoms with Gasteiger partial charge in [0.1, 0.15) is 5.76 Å². The topological polar surface area (TPSA) is 74.7 Å². The van der Waals surface area contributed by atoms with Crippen molar-refractivity contribution in [2.75, 3.05) is 7.05 Å². The molecule has 0 saturated carbocycles. The summed E-state index contributed by atoms with van der Waals surface area (Å²) in [5, 5.41) is 10.5. The third-order valence-corrected chi connectivity index (χ3v) is 5.79. The minimum Gasteiger partial charge on any atom is -0.506 e. The molecule has 1 N–H and O–H groups in total. The maximum atomic E-state index is 12.9. The predicted octanol–water partition coefficient (Wildman–Crippen LogP) is 3.29. The van der Waals surface area contributed by atoms with Gasteiger partial charge in [0, 0.05) is 18.2 Å². The molecule has 0 atom stereocenters. The SMILES string of the molecule is CN1C(=O)/C(=C(\O)c2cccc(C(F)(F)F)c2)c2ccccc2S1(=O)=O. The summed E-state index contributed by atoms with van der Waals surface area (Å²) >= 11 is 0. The molecule has 9 heteroatoms. The molecule has 1 aliphatic rings. The van der Waals surface area contributed by atoms with Gasteiger partial charge >= 0.3 is 6.18 Å². The molecule has 0 aromatic heterocycles. The lowest BCUT2D eigenvalue weighted by molar-refractivity contribution is -0.137. The number of rotatable bonds is 1. The summed E-state index contributed by atoms with van der Waals surface area (Å²) in [5.74, 6) is -1.76. The van der Waals surface area contributed by atoms with Crippen molar-refractivity contribution in [2.45, 2.75) is 11.1 Å². The number of fused-ring (bicyclic) bond motifs is 1. The molecule has 1 amide bonds. The molecule has 0 fully saturated rings. The van der Waals surface area contributed by atoms with E-state index in [0.717, 1.165) is 19.2 Å². The van der Waals surface area contributed by atoms with Gasteiger partial charge in [0.2, 0.25) is 0 Å². The van der Waals surface area contributed by atoms with Crippen LogP contribution in [-0.4, -0.2) is 30.8 Å². The number of likely N-dealkylation sites (N-methyl/N-ethyl adjacent to an activating group) is 1. The first kappa shape index (κ1) is 18.0. The number of sulfonamides is 1. The summed E-state index contributed by atoms with van der Waals surface area (Å²) in [6.45, 7) is 0. The van der Waals surface area contributed by atoms with Crippen molar-refractivity contribution in [2.24, 2.45) is 0 Å². The van der Waals surface area contributed by atoms with E-state index in [0.29, 0.717) is 10.4 Å². The molecular formula is C17H12F3NO4S. The van der Waals surface area contributed by atoms with Crippen LogP contribution in [0.2, 0.25) is 0 Å². The highest BCUT2D eigenvalue weighted by molar-refractivity contribution is 7.90. The Morgan fingerprint density at radius 1 is 1.08 bits per heavy atom. The van der Waals surface area contributed by atoms with Crippen LogP contribution in [0.4, 0.5) is 13.2 Å². The van der Waals surface area contributed by atoms with E-state index >= 15 is 0 Å². The van der Waals surface area contributed by atoms with Crippen LogP contribution >= 0.6 is 0 Å². The maximum Gasteiger partial charge on any atom is 0.416 e. The van der Waals surface area contributed by atoms with Crippen molar-refractivity contribution in [1.82, 2.24) is 4.31 Å². The summed E-state index contributed by atoms with van der Waals surface area (Å²) in [5.41, 5.74) is -1.69. The van der Waals surface area contributed by atoms with Gasteiger partial charge in [-0.2, -0.15) is 13.2 Å². The Labute approximate surface area is 147 Å². The van der Waals surface area contributed by atoms with E-state index in [9.17, 15) is 31.5 Å². The molecule has 26 heavy (non-hydrogen) atoms. The Bertz CT molecular complexity index is 1040. The Hall–Kier alpha value is -2.81. The normalized spacial score (nSPS) is 18.5. The second-order valence-corrected chi connectivity index (χ2v) is 7.51. The minimum atomic E-state index is -4.63. The average molecular weight is 383 g/mol. The molecule has 2 aromatic rings. The van der Waals surface area contributed by atoms with Crippen LogP contribution in [0.1, 0.15) is 16.7 Å². The number of aliphatic hydroxyl groups is 1. The largest absolute Gasteiger partial charge is 0.506 e. The molecule has 3 rings (SSSR count). The maximum absolute atomic E-state index is 12.9. The van der Waals surface area contributed by atoms with E-state index in [1.807, 2.05) is 0 Å². The molecule has 1 heterocycles. The molecule has 0 saturated heterocycles. The first-order valence-corrected chi connectivity index (χ1v) is 8.72. The zero-order valence-corrected chi connectivity index (χ0v) is 14.1. The highest BCUT2D eigenvalue weighted by Crippen LogP contribution is 2.38. The molecule has 0 unspecified atom stereocenters. The fraction of sp³-hybridized carbons (Fsp3) is 0.118. The zero-order valence-electron chi connectivity index (χ0n) is 13.3. The lowest BCUT2D eigenvalue weighted by Crippen LogP contribution is -2.38. The fourth-order valence-electron chi connectivity index (χ4n) is 2.64. The second kappa shape index (κ2) is 5.87. The van der Waals surface area contributed by atoms with Crippen molar-refractivity contribution in [3.63, 3.8) is 0 Å². The van der Waals surface area contributed by atoms with Crippen molar-refractivity contribution < 1.29 is 31.5 Å². The number of aliphatic hydroxyl groups excluding tert-OH is 1. The first-order valence-electron chi connectivity index (χ1n) is 7.28. The van der Waals surface area contributed by atoms with Crippen LogP contribution in [0.15, 0.2) is 53.4 Å². The molecule has 0 bridgehead atoms. The quantitative estimate of drug-likeness (QED) is 0.606. The van der Waals surface area contributed by atoms with Crippen LogP contribution in [0.5, 0.6) is 0 Å². The van der Waals surface area contributed by atoms with Gasteiger partial charge in [0.25, 0.3) is 15.9 Å². The number of nitrogens with zero attached hydrogens (tertiary/aromatic N) is 1. The third kappa shape index (κ3) is 2.74. The van der Waals surface area contributed by atoms with Gasteiger partial charge < -0.3 is 5.11 Å². The molecule has 0 aliphatic carbocycles. The van der Waals surface area contributed by atoms with Gasteiger partial charge in [-0.25, -0.2) is 12.7 Å². The van der Waals surface area contributed by atoms with Crippen molar-refractivity contribution in [3.05, 3.63) is 65.2 Å². The van der Waals surface area contributed by atoms with Crippen LogP contribution < -0.4 is 0 Å². The number of benzene rings is 2. The molecule has 0 spiro atoms. The summed E-state index contributed by atoms with van der Waals surface area (Å²) in [4.78, 5) is 12.3. The monoisotopic (exact) mass is 383 g/mol. The van der Waals surface area contributed by atoms with Gasteiger partial charge in [-0.05, 0) is 18.2 Å². The van der Waals surface area contributed by atoms with E-state index in [1.54, 1.807) is 0 Å². The summed E-state index contributed by atoms with van der Waals surface area (Å²) in [6, 6.07) is 9.30. The van der Waals surface area contributed by atoms with Crippen molar-refractivity contribution in [1.29, 1.82) is 0 Å². The second-order valence-electron chi connectivity index (χ2n) is 5.58. The van der Waals surface area contributed by atoms with E-state index in [-0.39, 0.29) is 21.6 Å². The highest BCUT2D eigenvalue weighted by Gasteiger charge is 2.39. The zero-order chi connectivity index (χ0) is 19.3. The van der Waals surface area contributed by atoms with Gasteiger partial charge in [0.15, 0.2) is 0 Å². The number of halogens is 3. The average Bonchev–Trinajstić information content (AvgIpc) is 2.59. The highest BCUT2D eigenvalue weighted by atomic mass is 32.2. The number of hydrogen-bond donors (Lipinski definition) is 1. The third-order valence-electron chi connectivity index (χ3n) is 3.99. The summed E-state index contributed by atoms with van der Waals surface area (Å²) in [7, 11) is -3.07. The van der Waals surface area contributed by atoms with Gasteiger partial charge in [-0.3, -0.25) is 4.79 Å². The standard InChI is InChI=1S/C17H12F3NO4S/c1-21-16(23)14(12-7-2-3-8-13(12)26(21,24)25)15(22)10-5-4-6-11(9-10)17(18,19)20/h2-9,22H,1H3/b15-14-. The summed E-state index contributed by atoms with van der Waals surface area (Å²) in [6.07, 6.45) is -4.63. The smallest absolute Gasteiger partial charge is 0.416 e. The van der Waals surface area contributed by atoms with Gasteiger partial charge in [-0.1, -0.05) is 30.3 Å². The Morgan fingerprint density at radius 2 is 1.73 bits per heavy atom. The lowest BCUT2D eigenvalue weighted by atomic mass is 9.98. The van der Waals surface area contributed by atoms with E-state index in [1.165, 1.54) is 30.3 Å².